The van der Waals surface area contributed by atoms with Crippen molar-refractivity contribution in [1.29, 1.82) is 5.26 Å². The fourth-order valence-corrected chi connectivity index (χ4v) is 8.16. The number of aliphatic carboxylic acids is 2. The van der Waals surface area contributed by atoms with E-state index in [0.717, 1.165) is 88.3 Å². The van der Waals surface area contributed by atoms with E-state index in [1.165, 1.54) is 22.5 Å². The summed E-state index contributed by atoms with van der Waals surface area (Å²) < 4.78 is 0.893. The maximum atomic E-state index is 13.4. The molecule has 0 fully saturated rings. The number of carbonyl (C=O) groups is 2. The third-order valence-corrected chi connectivity index (χ3v) is 10.4. The number of anilines is 2. The van der Waals surface area contributed by atoms with Crippen molar-refractivity contribution in [2.75, 3.05) is 11.4 Å². The first-order valence-electron chi connectivity index (χ1n) is 15.2. The van der Waals surface area contributed by atoms with Gasteiger partial charge < -0.3 is 15.1 Å². The summed E-state index contributed by atoms with van der Waals surface area (Å²) in [5, 5.41) is 28.4. The molecule has 0 unspecified atom stereocenters. The van der Waals surface area contributed by atoms with Crippen molar-refractivity contribution < 1.29 is 19.8 Å². The highest BCUT2D eigenvalue weighted by atomic mass is 32.1. The Kier molecular flexibility index (Phi) is 10.0. The third-order valence-electron chi connectivity index (χ3n) is 8.06. The maximum absolute atomic E-state index is 13.4. The predicted octanol–water partition coefficient (Wildman–Crippen LogP) is 5.69. The molecule has 232 valence electrons. The summed E-state index contributed by atoms with van der Waals surface area (Å²) in [4.78, 5) is 40.9. The van der Waals surface area contributed by atoms with Crippen LogP contribution in [0.25, 0.3) is 22.1 Å². The molecule has 8 nitrogen and oxygen atoms in total. The molecule has 2 N–H and O–H groups in total. The van der Waals surface area contributed by atoms with E-state index in [1.807, 2.05) is 0 Å². The highest BCUT2D eigenvalue weighted by Gasteiger charge is 2.21. The Hall–Kier alpha value is -4.46. The lowest BCUT2D eigenvalue weighted by molar-refractivity contribution is -0.138. The topological polar surface area (TPSA) is 124 Å². The number of hydrogen-bond acceptors (Lipinski definition) is 7. The minimum atomic E-state index is -1.51. The molecule has 0 spiro atoms. The van der Waals surface area contributed by atoms with Crippen LogP contribution in [0.3, 0.4) is 0 Å². The number of para-hydroxylation sites is 1. The molecule has 10 heteroatoms. The molecule has 1 aliphatic rings. The maximum Gasteiger partial charge on any atom is 0.349 e. The van der Waals surface area contributed by atoms with Crippen LogP contribution in [0.4, 0.5) is 11.4 Å². The summed E-state index contributed by atoms with van der Waals surface area (Å²) in [6.07, 6.45) is 8.75. The number of thiazole rings is 1. The van der Waals surface area contributed by atoms with E-state index >= 15 is 0 Å². The molecule has 3 heterocycles. The predicted molar refractivity (Wildman–Crippen MR) is 180 cm³/mol. The van der Waals surface area contributed by atoms with Crippen LogP contribution in [0.15, 0.2) is 53.3 Å². The van der Waals surface area contributed by atoms with Crippen LogP contribution in [-0.2, 0) is 35.4 Å². The summed E-state index contributed by atoms with van der Waals surface area (Å²) >= 11 is 2.40. The second-order valence-corrected chi connectivity index (χ2v) is 13.1. The first-order valence-corrected chi connectivity index (χ1v) is 16.8. The summed E-state index contributed by atoms with van der Waals surface area (Å²) in [5.41, 5.74) is 5.98. The van der Waals surface area contributed by atoms with Crippen LogP contribution in [0, 0.1) is 11.3 Å². The molecule has 1 aliphatic heterocycles. The molecule has 0 saturated heterocycles. The van der Waals surface area contributed by atoms with Crippen molar-refractivity contribution in [3.05, 3.63) is 89.6 Å². The zero-order valence-electron chi connectivity index (χ0n) is 25.3. The van der Waals surface area contributed by atoms with Gasteiger partial charge in [-0.05, 0) is 85.2 Å². The number of hydrogen-bond donors (Lipinski definition) is 2. The standard InChI is InChI=1S/C35H35N3O5S2/c1-3-5-6-7-11-24-18-29(25-15-16-28-23(17-25)14-13-22-10-8-9-12-27(22)37(28)4-2)44-30(24)19-31-33(41)38(21-32(39)40)34(45-31)26(20-36)35(42)43/h8-10,12,15-19H,3-7,11,13-14,21H2,1-2H3,(H,39,40)(H,42,43)/b31-19+,34-26+. The Balaban J connectivity index is 1.62. The van der Waals surface area contributed by atoms with Crippen molar-refractivity contribution in [2.45, 2.75) is 65.3 Å². The number of aromatic nitrogens is 1. The zero-order valence-corrected chi connectivity index (χ0v) is 27.0. The van der Waals surface area contributed by atoms with Crippen LogP contribution in [0.1, 0.15) is 61.1 Å². The molecule has 4 aromatic rings. The van der Waals surface area contributed by atoms with Crippen molar-refractivity contribution >= 4 is 57.6 Å². The molecule has 0 amide bonds. The van der Waals surface area contributed by atoms with Gasteiger partial charge in [0, 0.05) is 27.7 Å². The van der Waals surface area contributed by atoms with E-state index in [-0.39, 0.29) is 9.20 Å². The number of carboxylic acid groups (broad SMARTS) is 2. The number of carboxylic acids is 2. The van der Waals surface area contributed by atoms with Gasteiger partial charge in [0.25, 0.3) is 5.56 Å². The lowest BCUT2D eigenvalue weighted by atomic mass is 10.0. The van der Waals surface area contributed by atoms with Crippen molar-refractivity contribution in [3.8, 4) is 16.5 Å². The van der Waals surface area contributed by atoms with Crippen molar-refractivity contribution in [1.82, 2.24) is 4.57 Å². The van der Waals surface area contributed by atoms with Gasteiger partial charge in [0.2, 0.25) is 0 Å². The summed E-state index contributed by atoms with van der Waals surface area (Å²) in [7, 11) is 0. The number of benzene rings is 2. The molecule has 2 aromatic carbocycles. The van der Waals surface area contributed by atoms with Gasteiger partial charge in [0.1, 0.15) is 17.3 Å². The minimum Gasteiger partial charge on any atom is -0.480 e. The molecule has 0 radical (unpaired) electrons. The van der Waals surface area contributed by atoms with Gasteiger partial charge in [-0.1, -0.05) is 50.5 Å². The van der Waals surface area contributed by atoms with Gasteiger partial charge in [-0.25, -0.2) is 4.79 Å². The first-order chi connectivity index (χ1) is 21.7. The van der Waals surface area contributed by atoms with E-state index in [4.69, 9.17) is 0 Å². The zero-order chi connectivity index (χ0) is 32.1. The second kappa shape index (κ2) is 14.1. The van der Waals surface area contributed by atoms with Gasteiger partial charge in [0.05, 0.1) is 4.53 Å². The van der Waals surface area contributed by atoms with Gasteiger partial charge in [-0.2, -0.15) is 5.26 Å². The van der Waals surface area contributed by atoms with E-state index in [2.05, 4.69) is 67.3 Å². The quantitative estimate of drug-likeness (QED) is 0.202. The molecule has 45 heavy (non-hydrogen) atoms. The number of aryl methyl sites for hydroxylation is 3. The number of thiophene rings is 1. The Bertz CT molecular complexity index is 1980. The van der Waals surface area contributed by atoms with Crippen LogP contribution in [0.2, 0.25) is 0 Å². The highest BCUT2D eigenvalue weighted by Crippen LogP contribution is 2.40. The number of rotatable bonds is 11. The number of fused-ring (bicyclic) bond motifs is 2. The van der Waals surface area contributed by atoms with E-state index in [0.29, 0.717) is 0 Å². The monoisotopic (exact) mass is 641 g/mol. The molecule has 0 bridgehead atoms. The van der Waals surface area contributed by atoms with Crippen molar-refractivity contribution in [3.63, 3.8) is 0 Å². The lowest BCUT2D eigenvalue weighted by Crippen LogP contribution is -2.35. The van der Waals surface area contributed by atoms with Crippen LogP contribution < -0.4 is 19.7 Å². The number of nitrogens with zero attached hydrogens (tertiary/aromatic N) is 3. The Labute approximate surface area is 269 Å². The average molecular weight is 642 g/mol. The van der Waals surface area contributed by atoms with Crippen LogP contribution in [0.5, 0.6) is 0 Å². The SMILES string of the molecule is CCCCCCc1cc(-c2ccc3c(c2)CCc2ccccc2N3CC)sc1/C=c1/s/c(=C(\C#N)C(=O)O)n(CC(=O)O)c1=O. The minimum absolute atomic E-state index is 0.169. The first kappa shape index (κ1) is 31.9. The van der Waals surface area contributed by atoms with Crippen LogP contribution in [-0.4, -0.2) is 33.3 Å². The largest absolute Gasteiger partial charge is 0.480 e. The molecule has 2 aromatic heterocycles. The lowest BCUT2D eigenvalue weighted by Gasteiger charge is -2.25. The average Bonchev–Trinajstić information content (AvgIpc) is 3.50. The normalized spacial score (nSPS) is 13.5. The molecular weight excluding hydrogens is 607 g/mol. The summed E-state index contributed by atoms with van der Waals surface area (Å²) in [6, 6.07) is 19.0. The Morgan fingerprint density at radius 3 is 2.44 bits per heavy atom. The molecule has 0 saturated carbocycles. The summed E-state index contributed by atoms with van der Waals surface area (Å²) in [6.45, 7) is 4.46. The number of unbranched alkanes of at least 4 members (excludes halogenated alkanes) is 3. The third kappa shape index (κ3) is 6.80. The fraction of sp³-hybridized carbons (Fsp3) is 0.314. The summed E-state index contributed by atoms with van der Waals surface area (Å²) in [5.74, 6) is -2.80. The van der Waals surface area contributed by atoms with Gasteiger partial charge in [0.15, 0.2) is 5.57 Å². The smallest absolute Gasteiger partial charge is 0.349 e. The highest BCUT2D eigenvalue weighted by molar-refractivity contribution is 7.16. The van der Waals surface area contributed by atoms with E-state index in [9.17, 15) is 29.9 Å². The van der Waals surface area contributed by atoms with Gasteiger partial charge in [-0.3, -0.25) is 14.2 Å². The van der Waals surface area contributed by atoms with Crippen LogP contribution >= 0.6 is 22.7 Å². The molecular formula is C35H35N3O5S2. The molecule has 5 rings (SSSR count). The van der Waals surface area contributed by atoms with E-state index < -0.39 is 29.6 Å². The number of nitriles is 1. The van der Waals surface area contributed by atoms with Gasteiger partial charge in [-0.15, -0.1) is 22.7 Å². The fourth-order valence-electron chi connectivity index (χ4n) is 5.86. The van der Waals surface area contributed by atoms with Gasteiger partial charge >= 0.3 is 11.9 Å². The Morgan fingerprint density at radius 1 is 0.978 bits per heavy atom. The second-order valence-electron chi connectivity index (χ2n) is 11.0. The van der Waals surface area contributed by atoms with E-state index in [1.54, 1.807) is 23.5 Å². The molecule has 0 aliphatic carbocycles. The Morgan fingerprint density at radius 2 is 1.73 bits per heavy atom. The molecule has 0 atom stereocenters. The van der Waals surface area contributed by atoms with Crippen molar-refractivity contribution in [2.24, 2.45) is 0 Å².